The maximum Gasteiger partial charge on any atom is 0.110 e. The van der Waals surface area contributed by atoms with Gasteiger partial charge in [-0.1, -0.05) is 12.1 Å². The summed E-state index contributed by atoms with van der Waals surface area (Å²) in [5, 5.41) is 19.2. The number of nitrogens with zero attached hydrogens (tertiary/aromatic N) is 3. The Morgan fingerprint density at radius 2 is 2.23 bits per heavy atom. The Bertz CT molecular complexity index is 630. The molecule has 0 saturated carbocycles. The number of aromatic amines is 1. The zero-order valence-electron chi connectivity index (χ0n) is 12.4. The molecule has 1 aromatic carbocycles. The number of hydrogen-bond acceptors (Lipinski definition) is 4. The van der Waals surface area contributed by atoms with Crippen LogP contribution >= 0.6 is 0 Å². The average Bonchev–Trinajstić information content (AvgIpc) is 3.10. The van der Waals surface area contributed by atoms with Crippen LogP contribution in [0.5, 0.6) is 0 Å². The fourth-order valence-corrected chi connectivity index (χ4v) is 3.08. The van der Waals surface area contributed by atoms with Gasteiger partial charge < -0.3 is 10.1 Å². The van der Waals surface area contributed by atoms with Gasteiger partial charge in [-0.2, -0.15) is 5.26 Å². The molecule has 1 aliphatic rings. The Hall–Kier alpha value is -2.16. The molecule has 2 unspecified atom stereocenters. The smallest absolute Gasteiger partial charge is 0.110 e. The molecule has 1 aromatic heterocycles. The van der Waals surface area contributed by atoms with Crippen LogP contribution in [0.3, 0.4) is 0 Å². The lowest BCUT2D eigenvalue weighted by molar-refractivity contribution is 0.0946. The van der Waals surface area contributed by atoms with Crippen molar-refractivity contribution in [2.75, 3.05) is 19.6 Å². The molecular formula is C17H20N4O. The van der Waals surface area contributed by atoms with Gasteiger partial charge in [0.25, 0.3) is 0 Å². The van der Waals surface area contributed by atoms with Gasteiger partial charge in [-0.15, -0.1) is 0 Å². The van der Waals surface area contributed by atoms with Crippen LogP contribution in [0.2, 0.25) is 0 Å². The lowest BCUT2D eigenvalue weighted by atomic mass is 9.96. The molecular weight excluding hydrogens is 276 g/mol. The Labute approximate surface area is 130 Å². The summed E-state index contributed by atoms with van der Waals surface area (Å²) >= 11 is 0. The molecule has 5 heteroatoms. The van der Waals surface area contributed by atoms with E-state index in [0.29, 0.717) is 18.0 Å². The molecule has 114 valence electrons. The van der Waals surface area contributed by atoms with Crippen LogP contribution in [0.25, 0.3) is 0 Å². The first-order chi connectivity index (χ1) is 10.8. The highest BCUT2D eigenvalue weighted by Crippen LogP contribution is 2.26. The quantitative estimate of drug-likeness (QED) is 0.907. The molecule has 1 fully saturated rings. The summed E-state index contributed by atoms with van der Waals surface area (Å²) in [7, 11) is 0. The molecule has 0 aliphatic carbocycles. The van der Waals surface area contributed by atoms with Gasteiger partial charge in [0.15, 0.2) is 0 Å². The molecule has 0 radical (unpaired) electrons. The maximum absolute atomic E-state index is 10.4. The zero-order chi connectivity index (χ0) is 15.4. The van der Waals surface area contributed by atoms with Crippen molar-refractivity contribution in [1.29, 1.82) is 5.26 Å². The van der Waals surface area contributed by atoms with Crippen molar-refractivity contribution in [3.63, 3.8) is 0 Å². The molecule has 3 rings (SSSR count). The summed E-state index contributed by atoms with van der Waals surface area (Å²) < 4.78 is 0. The molecule has 2 aromatic rings. The summed E-state index contributed by atoms with van der Waals surface area (Å²) in [6.07, 6.45) is 5.38. The van der Waals surface area contributed by atoms with Gasteiger partial charge >= 0.3 is 0 Å². The highest BCUT2D eigenvalue weighted by molar-refractivity contribution is 5.32. The highest BCUT2D eigenvalue weighted by atomic mass is 16.3. The second-order valence-corrected chi connectivity index (χ2v) is 5.82. The third-order valence-electron chi connectivity index (χ3n) is 4.27. The maximum atomic E-state index is 10.4. The largest absolute Gasteiger partial charge is 0.387 e. The normalized spacial score (nSPS) is 20.5. The van der Waals surface area contributed by atoms with E-state index in [9.17, 15) is 5.11 Å². The van der Waals surface area contributed by atoms with Crippen molar-refractivity contribution in [3.05, 3.63) is 53.6 Å². The van der Waals surface area contributed by atoms with E-state index in [-0.39, 0.29) is 0 Å². The van der Waals surface area contributed by atoms with Gasteiger partial charge in [0.1, 0.15) is 5.82 Å². The molecule has 0 spiro atoms. The van der Waals surface area contributed by atoms with Gasteiger partial charge in [0.05, 0.1) is 17.7 Å². The number of aromatic nitrogens is 2. The number of β-amino-alcohol motifs (C(OH)–C–C–N with tert-alkyl or cyclic N) is 1. The lowest BCUT2D eigenvalue weighted by Crippen LogP contribution is -2.37. The van der Waals surface area contributed by atoms with E-state index in [1.54, 1.807) is 18.3 Å². The fraction of sp³-hybridized carbons (Fsp3) is 0.412. The number of aliphatic hydroxyl groups is 1. The molecule has 22 heavy (non-hydrogen) atoms. The minimum atomic E-state index is -0.525. The van der Waals surface area contributed by atoms with Gasteiger partial charge in [-0.05, 0) is 37.1 Å². The van der Waals surface area contributed by atoms with E-state index in [2.05, 4.69) is 20.9 Å². The van der Waals surface area contributed by atoms with E-state index < -0.39 is 6.10 Å². The average molecular weight is 296 g/mol. The standard InChI is InChI=1S/C17H20N4O/c18-10-13-3-5-14(6-4-13)16(22)12-21-9-1-2-15(11-21)17-19-7-8-20-17/h3-8,15-16,22H,1-2,9,11-12H2,(H,19,20). The third-order valence-corrected chi connectivity index (χ3v) is 4.27. The number of likely N-dealkylation sites (tertiary alicyclic amines) is 1. The number of piperidine rings is 1. The van der Waals surface area contributed by atoms with Crippen molar-refractivity contribution in [2.45, 2.75) is 24.9 Å². The van der Waals surface area contributed by atoms with Crippen molar-refractivity contribution < 1.29 is 5.11 Å². The van der Waals surface area contributed by atoms with E-state index in [0.717, 1.165) is 37.3 Å². The predicted molar refractivity (Wildman–Crippen MR) is 83.1 cm³/mol. The number of rotatable bonds is 4. The Morgan fingerprint density at radius 3 is 2.91 bits per heavy atom. The van der Waals surface area contributed by atoms with Crippen molar-refractivity contribution in [3.8, 4) is 6.07 Å². The third kappa shape index (κ3) is 3.35. The monoisotopic (exact) mass is 296 g/mol. The molecule has 5 nitrogen and oxygen atoms in total. The van der Waals surface area contributed by atoms with E-state index in [1.165, 1.54) is 0 Å². The number of nitrogens with one attached hydrogen (secondary N) is 1. The molecule has 2 N–H and O–H groups in total. The first-order valence-electron chi connectivity index (χ1n) is 7.66. The highest BCUT2D eigenvalue weighted by Gasteiger charge is 2.24. The van der Waals surface area contributed by atoms with Gasteiger partial charge in [-0.3, -0.25) is 4.90 Å². The van der Waals surface area contributed by atoms with Crippen molar-refractivity contribution in [1.82, 2.24) is 14.9 Å². The number of H-pyrrole nitrogens is 1. The van der Waals surface area contributed by atoms with Crippen LogP contribution in [0.1, 0.15) is 41.8 Å². The number of imidazole rings is 1. The van der Waals surface area contributed by atoms with E-state index in [4.69, 9.17) is 5.26 Å². The number of nitriles is 1. The number of aliphatic hydroxyl groups excluding tert-OH is 1. The van der Waals surface area contributed by atoms with Gasteiger partial charge in [0.2, 0.25) is 0 Å². The first kappa shape index (κ1) is 14.8. The second kappa shape index (κ2) is 6.73. The van der Waals surface area contributed by atoms with E-state index in [1.807, 2.05) is 18.3 Å². The van der Waals surface area contributed by atoms with Crippen LogP contribution in [-0.4, -0.2) is 39.6 Å². The molecule has 1 aliphatic heterocycles. The Balaban J connectivity index is 1.61. The summed E-state index contributed by atoms with van der Waals surface area (Å²) in [5.74, 6) is 1.45. The summed E-state index contributed by atoms with van der Waals surface area (Å²) in [5.41, 5.74) is 1.48. The minimum Gasteiger partial charge on any atom is -0.387 e. The molecule has 2 heterocycles. The van der Waals surface area contributed by atoms with Crippen molar-refractivity contribution >= 4 is 0 Å². The van der Waals surface area contributed by atoms with Crippen LogP contribution in [0.4, 0.5) is 0 Å². The van der Waals surface area contributed by atoms with Gasteiger partial charge in [-0.25, -0.2) is 4.98 Å². The second-order valence-electron chi connectivity index (χ2n) is 5.82. The summed E-state index contributed by atoms with van der Waals surface area (Å²) in [4.78, 5) is 9.84. The molecule has 1 saturated heterocycles. The first-order valence-corrected chi connectivity index (χ1v) is 7.66. The van der Waals surface area contributed by atoms with Crippen LogP contribution in [0, 0.1) is 11.3 Å². The van der Waals surface area contributed by atoms with Crippen molar-refractivity contribution in [2.24, 2.45) is 0 Å². The summed E-state index contributed by atoms with van der Waals surface area (Å²) in [6.45, 7) is 2.54. The Kier molecular flexibility index (Phi) is 4.52. The lowest BCUT2D eigenvalue weighted by Gasteiger charge is -2.33. The summed E-state index contributed by atoms with van der Waals surface area (Å²) in [6, 6.07) is 9.26. The fourth-order valence-electron chi connectivity index (χ4n) is 3.08. The van der Waals surface area contributed by atoms with Gasteiger partial charge in [0, 0.05) is 31.4 Å². The topological polar surface area (TPSA) is 75.9 Å². The molecule has 0 amide bonds. The minimum absolute atomic E-state index is 0.414. The Morgan fingerprint density at radius 1 is 1.41 bits per heavy atom. The van der Waals surface area contributed by atoms with E-state index >= 15 is 0 Å². The molecule has 0 bridgehead atoms. The zero-order valence-corrected chi connectivity index (χ0v) is 12.4. The predicted octanol–water partition coefficient (Wildman–Crippen LogP) is 2.19. The van der Waals surface area contributed by atoms with Crippen LogP contribution < -0.4 is 0 Å². The van der Waals surface area contributed by atoms with Crippen LogP contribution in [-0.2, 0) is 0 Å². The molecule has 2 atom stereocenters. The van der Waals surface area contributed by atoms with Crippen LogP contribution in [0.15, 0.2) is 36.7 Å². The SMILES string of the molecule is N#Cc1ccc(C(O)CN2CCCC(c3ncc[nH]3)C2)cc1. The number of benzene rings is 1. The number of hydrogen-bond donors (Lipinski definition) is 2.